The van der Waals surface area contributed by atoms with Crippen molar-refractivity contribution in [3.8, 4) is 5.69 Å². The Morgan fingerprint density at radius 1 is 1.11 bits per heavy atom. The summed E-state index contributed by atoms with van der Waals surface area (Å²) < 4.78 is 41.4. The fourth-order valence-electron chi connectivity index (χ4n) is 2.07. The molecule has 1 heterocycles. The van der Waals surface area contributed by atoms with Crippen LogP contribution in [0.4, 0.5) is 13.2 Å². The molecular formula is C13H10F3NO2. The third-order valence-electron chi connectivity index (χ3n) is 2.87. The number of carbonyl (C=O) groups is 1. The molecule has 1 aromatic carbocycles. The highest BCUT2D eigenvalue weighted by Gasteiger charge is 2.21. The van der Waals surface area contributed by atoms with Gasteiger partial charge in [-0.25, -0.2) is 18.0 Å². The quantitative estimate of drug-likeness (QED) is 0.909. The molecule has 6 heteroatoms. The third kappa shape index (κ3) is 2.09. The third-order valence-corrected chi connectivity index (χ3v) is 2.87. The highest BCUT2D eigenvalue weighted by atomic mass is 19.1. The number of carboxylic acid groups (broad SMARTS) is 1. The van der Waals surface area contributed by atoms with Gasteiger partial charge in [-0.15, -0.1) is 0 Å². The minimum atomic E-state index is -1.19. The smallest absolute Gasteiger partial charge is 0.337 e. The van der Waals surface area contributed by atoms with Gasteiger partial charge in [-0.2, -0.15) is 0 Å². The minimum absolute atomic E-state index is 0.0550. The molecule has 0 aliphatic rings. The number of benzene rings is 1. The lowest BCUT2D eigenvalue weighted by atomic mass is 10.2. The van der Waals surface area contributed by atoms with Crippen molar-refractivity contribution in [1.29, 1.82) is 0 Å². The second kappa shape index (κ2) is 4.46. The molecule has 2 aromatic rings. The zero-order valence-electron chi connectivity index (χ0n) is 10.2. The van der Waals surface area contributed by atoms with Crippen molar-refractivity contribution >= 4 is 5.97 Å². The van der Waals surface area contributed by atoms with Gasteiger partial charge in [-0.1, -0.05) is 0 Å². The number of aromatic carboxylic acids is 1. The van der Waals surface area contributed by atoms with Gasteiger partial charge in [0.1, 0.15) is 11.5 Å². The summed E-state index contributed by atoms with van der Waals surface area (Å²) in [5.74, 6) is -4.39. The summed E-state index contributed by atoms with van der Waals surface area (Å²) in [6.45, 7) is 2.94. The zero-order valence-corrected chi connectivity index (χ0v) is 10.2. The number of aryl methyl sites for hydroxylation is 1. The van der Waals surface area contributed by atoms with Crippen LogP contribution in [0, 0.1) is 31.3 Å². The van der Waals surface area contributed by atoms with Crippen LogP contribution in [0.1, 0.15) is 21.7 Å². The molecule has 3 nitrogen and oxygen atoms in total. The van der Waals surface area contributed by atoms with Gasteiger partial charge in [0.05, 0.1) is 5.56 Å². The molecule has 0 aliphatic carbocycles. The summed E-state index contributed by atoms with van der Waals surface area (Å²) in [5, 5.41) is 8.97. The van der Waals surface area contributed by atoms with Crippen molar-refractivity contribution in [2.24, 2.45) is 0 Å². The summed E-state index contributed by atoms with van der Waals surface area (Å²) in [6.07, 6.45) is 0. The Morgan fingerprint density at radius 3 is 2.05 bits per heavy atom. The van der Waals surface area contributed by atoms with Crippen LogP contribution in [0.2, 0.25) is 0 Å². The molecule has 0 fully saturated rings. The fourth-order valence-corrected chi connectivity index (χ4v) is 2.07. The molecule has 0 amide bonds. The van der Waals surface area contributed by atoms with Gasteiger partial charge in [-0.05, 0) is 19.9 Å². The minimum Gasteiger partial charge on any atom is -0.478 e. The standard InChI is InChI=1S/C13H10F3NO2/c1-6-3-9(13(18)19)7(2)17(6)12-10(15)4-8(14)5-11(12)16/h3-5H,1-2H3,(H,18,19). The Bertz CT molecular complexity index is 654. The Kier molecular flexibility index (Phi) is 3.09. The molecule has 100 valence electrons. The number of carboxylic acids is 1. The Labute approximate surface area is 106 Å². The summed E-state index contributed by atoms with van der Waals surface area (Å²) in [4.78, 5) is 11.0. The lowest BCUT2D eigenvalue weighted by molar-refractivity contribution is 0.0696. The molecule has 1 aromatic heterocycles. The molecule has 1 N–H and O–H groups in total. The number of halogens is 3. The number of hydrogen-bond acceptors (Lipinski definition) is 1. The number of aromatic nitrogens is 1. The van der Waals surface area contributed by atoms with Gasteiger partial charge in [0.15, 0.2) is 11.6 Å². The number of hydrogen-bond donors (Lipinski definition) is 1. The number of nitrogens with zero attached hydrogens (tertiary/aromatic N) is 1. The van der Waals surface area contributed by atoms with E-state index < -0.39 is 29.1 Å². The van der Waals surface area contributed by atoms with Crippen molar-refractivity contribution in [1.82, 2.24) is 4.57 Å². The number of rotatable bonds is 2. The van der Waals surface area contributed by atoms with Crippen LogP contribution in [-0.2, 0) is 0 Å². The molecule has 0 bridgehead atoms. The molecule has 2 rings (SSSR count). The predicted molar refractivity (Wildman–Crippen MR) is 62.1 cm³/mol. The first-order chi connectivity index (χ1) is 8.82. The van der Waals surface area contributed by atoms with E-state index in [1.165, 1.54) is 19.9 Å². The van der Waals surface area contributed by atoms with E-state index in [1.807, 2.05) is 0 Å². The van der Waals surface area contributed by atoms with E-state index in [9.17, 15) is 18.0 Å². The van der Waals surface area contributed by atoms with Crippen LogP contribution < -0.4 is 0 Å². The first-order valence-corrected chi connectivity index (χ1v) is 5.40. The average molecular weight is 269 g/mol. The van der Waals surface area contributed by atoms with E-state index in [0.717, 1.165) is 4.57 Å². The van der Waals surface area contributed by atoms with Crippen LogP contribution in [-0.4, -0.2) is 15.6 Å². The largest absolute Gasteiger partial charge is 0.478 e. The molecular weight excluding hydrogens is 259 g/mol. The van der Waals surface area contributed by atoms with Crippen molar-refractivity contribution in [3.05, 3.63) is 52.6 Å². The van der Waals surface area contributed by atoms with E-state index in [-0.39, 0.29) is 11.3 Å². The Hall–Kier alpha value is -2.24. The maximum Gasteiger partial charge on any atom is 0.337 e. The fraction of sp³-hybridized carbons (Fsp3) is 0.154. The lowest BCUT2D eigenvalue weighted by Gasteiger charge is -2.12. The second-order valence-corrected chi connectivity index (χ2v) is 4.14. The normalized spacial score (nSPS) is 10.8. The molecule has 0 saturated carbocycles. The van der Waals surface area contributed by atoms with Crippen LogP contribution in [0.5, 0.6) is 0 Å². The lowest BCUT2D eigenvalue weighted by Crippen LogP contribution is -2.07. The molecule has 0 radical (unpaired) electrons. The molecule has 0 saturated heterocycles. The van der Waals surface area contributed by atoms with Crippen LogP contribution in [0.3, 0.4) is 0 Å². The molecule has 0 aliphatic heterocycles. The molecule has 0 unspecified atom stereocenters. The molecule has 0 atom stereocenters. The molecule has 0 spiro atoms. The zero-order chi connectivity index (χ0) is 14.3. The molecule has 19 heavy (non-hydrogen) atoms. The van der Waals surface area contributed by atoms with Crippen molar-refractivity contribution in [2.75, 3.05) is 0 Å². The highest BCUT2D eigenvalue weighted by molar-refractivity contribution is 5.89. The van der Waals surface area contributed by atoms with Gasteiger partial charge in [-0.3, -0.25) is 0 Å². The van der Waals surface area contributed by atoms with E-state index in [0.29, 0.717) is 17.8 Å². The summed E-state index contributed by atoms with van der Waals surface area (Å²) in [7, 11) is 0. The predicted octanol–water partition coefficient (Wildman–Crippen LogP) is 3.21. The van der Waals surface area contributed by atoms with Crippen LogP contribution in [0.25, 0.3) is 5.69 Å². The topological polar surface area (TPSA) is 42.2 Å². The highest BCUT2D eigenvalue weighted by Crippen LogP contribution is 2.25. The van der Waals surface area contributed by atoms with E-state index in [2.05, 4.69) is 0 Å². The second-order valence-electron chi connectivity index (χ2n) is 4.14. The first kappa shape index (κ1) is 13.2. The summed E-state index contributed by atoms with van der Waals surface area (Å²) >= 11 is 0. The van der Waals surface area contributed by atoms with Crippen molar-refractivity contribution in [3.63, 3.8) is 0 Å². The van der Waals surface area contributed by atoms with Crippen molar-refractivity contribution < 1.29 is 23.1 Å². The van der Waals surface area contributed by atoms with Gasteiger partial charge in [0, 0.05) is 23.5 Å². The SMILES string of the molecule is Cc1cc(C(=O)O)c(C)n1-c1c(F)cc(F)cc1F. The van der Waals surface area contributed by atoms with E-state index in [4.69, 9.17) is 5.11 Å². The Morgan fingerprint density at radius 2 is 1.63 bits per heavy atom. The summed E-state index contributed by atoms with van der Waals surface area (Å²) in [5.41, 5.74) is -0.0155. The van der Waals surface area contributed by atoms with Crippen molar-refractivity contribution in [2.45, 2.75) is 13.8 Å². The van der Waals surface area contributed by atoms with E-state index >= 15 is 0 Å². The van der Waals surface area contributed by atoms with Gasteiger partial charge in [0.25, 0.3) is 0 Å². The summed E-state index contributed by atoms with van der Waals surface area (Å²) in [6, 6.07) is 2.41. The van der Waals surface area contributed by atoms with Crippen LogP contribution >= 0.6 is 0 Å². The van der Waals surface area contributed by atoms with E-state index in [1.54, 1.807) is 0 Å². The van der Waals surface area contributed by atoms with Gasteiger partial charge in [0.2, 0.25) is 0 Å². The monoisotopic (exact) mass is 269 g/mol. The first-order valence-electron chi connectivity index (χ1n) is 5.40. The van der Waals surface area contributed by atoms with Gasteiger partial charge < -0.3 is 9.67 Å². The average Bonchev–Trinajstić information content (AvgIpc) is 2.55. The van der Waals surface area contributed by atoms with Crippen LogP contribution in [0.15, 0.2) is 18.2 Å². The maximum absolute atomic E-state index is 13.7. The van der Waals surface area contributed by atoms with Gasteiger partial charge >= 0.3 is 5.97 Å². The maximum atomic E-state index is 13.7. The Balaban J connectivity index is 2.77.